The van der Waals surface area contributed by atoms with Crippen molar-refractivity contribution in [1.82, 2.24) is 15.2 Å². The van der Waals surface area contributed by atoms with Crippen molar-refractivity contribution in [2.24, 2.45) is 17.1 Å². The van der Waals surface area contributed by atoms with E-state index >= 15 is 0 Å². The number of ketones is 1. The maximum absolute atomic E-state index is 13.7. The fourth-order valence-electron chi connectivity index (χ4n) is 5.87. The summed E-state index contributed by atoms with van der Waals surface area (Å²) in [5.41, 5.74) is 10.3. The molecule has 2 aromatic heterocycles. The summed E-state index contributed by atoms with van der Waals surface area (Å²) in [6, 6.07) is 7.29. The summed E-state index contributed by atoms with van der Waals surface area (Å²) < 4.78 is 27.0. The molecule has 4 N–H and O–H groups in total. The topological polar surface area (TPSA) is 114 Å². The monoisotopic (exact) mass is 529 g/mol. The number of aromatic nitrogens is 3. The molecule has 2 atom stereocenters. The van der Waals surface area contributed by atoms with Crippen molar-refractivity contribution in [2.75, 3.05) is 5.32 Å². The van der Waals surface area contributed by atoms with Crippen LogP contribution in [-0.4, -0.2) is 26.9 Å². The van der Waals surface area contributed by atoms with Gasteiger partial charge in [0.05, 0.1) is 17.3 Å². The van der Waals surface area contributed by atoms with Gasteiger partial charge in [-0.25, -0.2) is 8.78 Å². The molecule has 0 bridgehead atoms. The molecular formula is C30H29F2N5O2. The first-order chi connectivity index (χ1) is 18.6. The summed E-state index contributed by atoms with van der Waals surface area (Å²) in [5, 5.41) is 11.0. The van der Waals surface area contributed by atoms with Crippen LogP contribution in [0.15, 0.2) is 53.9 Å². The number of H-pyrrole nitrogens is 1. The van der Waals surface area contributed by atoms with Gasteiger partial charge in [0.1, 0.15) is 5.82 Å². The summed E-state index contributed by atoms with van der Waals surface area (Å²) in [6.45, 7) is 4.15. The number of allylic oxidation sites excluding steroid dienone is 3. The van der Waals surface area contributed by atoms with Crippen LogP contribution in [0.1, 0.15) is 68.3 Å². The molecule has 39 heavy (non-hydrogen) atoms. The van der Waals surface area contributed by atoms with Gasteiger partial charge in [0.25, 0.3) is 0 Å². The van der Waals surface area contributed by atoms with Crippen LogP contribution in [0.2, 0.25) is 0 Å². The van der Waals surface area contributed by atoms with Gasteiger partial charge in [0, 0.05) is 40.9 Å². The van der Waals surface area contributed by atoms with Gasteiger partial charge in [0.15, 0.2) is 17.4 Å². The Morgan fingerprint density at radius 1 is 1.13 bits per heavy atom. The number of nitrogens with two attached hydrogens (primary N) is 1. The van der Waals surface area contributed by atoms with Gasteiger partial charge < -0.3 is 11.1 Å². The third-order valence-corrected chi connectivity index (χ3v) is 7.84. The first-order valence-corrected chi connectivity index (χ1v) is 13.1. The van der Waals surface area contributed by atoms with E-state index in [4.69, 9.17) is 5.73 Å². The van der Waals surface area contributed by atoms with Crippen molar-refractivity contribution >= 4 is 23.6 Å². The molecule has 1 saturated carbocycles. The fourth-order valence-corrected chi connectivity index (χ4v) is 5.87. The van der Waals surface area contributed by atoms with E-state index in [2.05, 4.69) is 34.3 Å². The summed E-state index contributed by atoms with van der Waals surface area (Å²) in [6.07, 6.45) is 8.31. The second kappa shape index (κ2) is 9.25. The van der Waals surface area contributed by atoms with E-state index in [1.807, 2.05) is 12.2 Å². The number of nitrogens with one attached hydrogen (secondary N) is 2. The minimum Gasteiger partial charge on any atom is -0.369 e. The predicted octanol–water partition coefficient (Wildman–Crippen LogP) is 5.59. The Balaban J connectivity index is 1.38. The van der Waals surface area contributed by atoms with Crippen LogP contribution in [0, 0.1) is 23.0 Å². The SMILES string of the molecule is CC1(C)CC(=O)C2=C(C1)Nc1[nH]nc(C(C(N)=O)C3CC3)c1C2/C=C/c1ccc(-c2ccc(F)c(F)c2)cn1. The van der Waals surface area contributed by atoms with Crippen LogP contribution in [0.25, 0.3) is 17.2 Å². The highest BCUT2D eigenvalue weighted by atomic mass is 19.2. The lowest BCUT2D eigenvalue weighted by Gasteiger charge is -2.37. The number of carbonyl (C=O) groups is 2. The van der Waals surface area contributed by atoms with E-state index in [1.54, 1.807) is 18.3 Å². The number of hydrogen-bond acceptors (Lipinski definition) is 5. The van der Waals surface area contributed by atoms with Crippen molar-refractivity contribution in [3.8, 4) is 11.1 Å². The van der Waals surface area contributed by atoms with E-state index in [-0.39, 0.29) is 17.1 Å². The standard InChI is InChI=1S/C30H29F2N5O2/c1-30(2)12-22-25(23(38)13-30)19(26-27(36-37-29(26)35-22)24(28(33)39)15-3-4-15)9-8-18-7-5-17(14-34-18)16-6-10-20(31)21(32)11-16/h5-11,14-15,19,24H,3-4,12-13H2,1-2H3,(H2,33,39)(H2,35,36,37)/b9-8+. The molecule has 2 aliphatic carbocycles. The van der Waals surface area contributed by atoms with E-state index in [0.29, 0.717) is 46.7 Å². The molecule has 200 valence electrons. The van der Waals surface area contributed by atoms with E-state index < -0.39 is 29.4 Å². The van der Waals surface area contributed by atoms with E-state index in [9.17, 15) is 18.4 Å². The van der Waals surface area contributed by atoms with Crippen molar-refractivity contribution in [1.29, 1.82) is 0 Å². The largest absolute Gasteiger partial charge is 0.369 e. The van der Waals surface area contributed by atoms with Crippen LogP contribution in [0.3, 0.4) is 0 Å². The number of Topliss-reactive ketones (excluding diaryl/α,β-unsaturated/α-hetero) is 1. The first kappa shape index (κ1) is 25.2. The predicted molar refractivity (Wildman–Crippen MR) is 143 cm³/mol. The molecule has 3 aliphatic rings. The molecule has 1 fully saturated rings. The second-order valence-electron chi connectivity index (χ2n) is 11.5. The molecule has 9 heteroatoms. The molecule has 0 saturated heterocycles. The lowest BCUT2D eigenvalue weighted by atomic mass is 9.70. The molecule has 2 unspecified atom stereocenters. The summed E-state index contributed by atoms with van der Waals surface area (Å²) in [5.74, 6) is -2.29. The quantitative estimate of drug-likeness (QED) is 0.385. The smallest absolute Gasteiger partial charge is 0.226 e. The molecule has 0 radical (unpaired) electrons. The molecule has 0 spiro atoms. The average Bonchev–Trinajstić information content (AvgIpc) is 3.62. The van der Waals surface area contributed by atoms with Gasteiger partial charge in [0.2, 0.25) is 5.91 Å². The van der Waals surface area contributed by atoms with Crippen molar-refractivity contribution < 1.29 is 18.4 Å². The molecule has 1 amide bonds. The third kappa shape index (κ3) is 4.66. The highest BCUT2D eigenvalue weighted by Crippen LogP contribution is 2.51. The second-order valence-corrected chi connectivity index (χ2v) is 11.5. The lowest BCUT2D eigenvalue weighted by Crippen LogP contribution is -2.33. The van der Waals surface area contributed by atoms with Gasteiger partial charge in [-0.15, -0.1) is 0 Å². The first-order valence-electron chi connectivity index (χ1n) is 13.1. The number of primary amides is 1. The zero-order valence-electron chi connectivity index (χ0n) is 21.7. The van der Waals surface area contributed by atoms with Gasteiger partial charge in [-0.1, -0.05) is 32.1 Å². The van der Waals surface area contributed by atoms with E-state index in [1.165, 1.54) is 6.07 Å². The Hall–Kier alpha value is -4.14. The molecule has 6 rings (SSSR count). The number of pyridine rings is 1. The van der Waals surface area contributed by atoms with Crippen LogP contribution in [0.5, 0.6) is 0 Å². The van der Waals surface area contributed by atoms with Crippen molar-refractivity contribution in [3.63, 3.8) is 0 Å². The Morgan fingerprint density at radius 2 is 1.90 bits per heavy atom. The number of benzene rings is 1. The van der Waals surface area contributed by atoms with Gasteiger partial charge >= 0.3 is 0 Å². The van der Waals surface area contributed by atoms with E-state index in [0.717, 1.165) is 36.2 Å². The molecule has 7 nitrogen and oxygen atoms in total. The molecule has 3 heterocycles. The number of hydrogen-bond donors (Lipinski definition) is 3. The minimum absolute atomic E-state index is 0.0601. The maximum atomic E-state index is 13.7. The fraction of sp³-hybridized carbons (Fsp3) is 0.333. The highest BCUT2D eigenvalue weighted by Gasteiger charge is 2.45. The number of carbonyl (C=O) groups excluding carboxylic acids is 2. The maximum Gasteiger partial charge on any atom is 0.226 e. The molecular weight excluding hydrogens is 500 g/mol. The number of halogens is 2. The summed E-state index contributed by atoms with van der Waals surface area (Å²) >= 11 is 0. The van der Waals surface area contributed by atoms with Gasteiger partial charge in [-0.05, 0) is 60.4 Å². The Kier molecular flexibility index (Phi) is 5.97. The number of nitrogens with zero attached hydrogens (tertiary/aromatic N) is 2. The zero-order valence-corrected chi connectivity index (χ0v) is 21.7. The Morgan fingerprint density at radius 3 is 2.56 bits per heavy atom. The van der Waals surface area contributed by atoms with Gasteiger partial charge in [-0.2, -0.15) is 5.10 Å². The number of fused-ring (bicyclic) bond motifs is 1. The van der Waals surface area contributed by atoms with Crippen LogP contribution >= 0.6 is 0 Å². The molecule has 3 aromatic rings. The highest BCUT2D eigenvalue weighted by molar-refractivity contribution is 6.01. The number of rotatable bonds is 6. The number of anilines is 1. The van der Waals surface area contributed by atoms with Crippen molar-refractivity contribution in [2.45, 2.75) is 51.4 Å². The molecule has 1 aromatic carbocycles. The summed E-state index contributed by atoms with van der Waals surface area (Å²) in [4.78, 5) is 30.4. The van der Waals surface area contributed by atoms with Crippen LogP contribution in [0.4, 0.5) is 14.6 Å². The van der Waals surface area contributed by atoms with Crippen LogP contribution < -0.4 is 11.1 Å². The minimum atomic E-state index is -0.918. The summed E-state index contributed by atoms with van der Waals surface area (Å²) in [7, 11) is 0. The average molecular weight is 530 g/mol. The van der Waals surface area contributed by atoms with Crippen molar-refractivity contribution in [3.05, 3.63) is 82.5 Å². The third-order valence-electron chi connectivity index (χ3n) is 7.84. The number of amides is 1. The Bertz CT molecular complexity index is 1550. The lowest BCUT2D eigenvalue weighted by molar-refractivity contribution is -0.120. The van der Waals surface area contributed by atoms with Gasteiger partial charge in [-0.3, -0.25) is 19.7 Å². The zero-order chi connectivity index (χ0) is 27.5. The normalized spacial score (nSPS) is 20.9. The Labute approximate surface area is 224 Å². The number of aromatic amines is 1. The van der Waals surface area contributed by atoms with Crippen LogP contribution in [-0.2, 0) is 9.59 Å². The molecule has 1 aliphatic heterocycles.